The molecule has 0 aliphatic rings. The van der Waals surface area contributed by atoms with Crippen molar-refractivity contribution in [3.05, 3.63) is 29.8 Å². The lowest BCUT2D eigenvalue weighted by atomic mass is 9.87. The third-order valence-electron chi connectivity index (χ3n) is 2.98. The lowest BCUT2D eigenvalue weighted by Crippen LogP contribution is -2.45. The van der Waals surface area contributed by atoms with Gasteiger partial charge in [-0.05, 0) is 31.2 Å². The van der Waals surface area contributed by atoms with Gasteiger partial charge in [-0.2, -0.15) is 0 Å². The van der Waals surface area contributed by atoms with Crippen LogP contribution in [0, 0.1) is 0 Å². The van der Waals surface area contributed by atoms with Crippen molar-refractivity contribution in [1.82, 2.24) is 5.32 Å². The zero-order valence-corrected chi connectivity index (χ0v) is 9.76. The Kier molecular flexibility index (Phi) is 4.24. The summed E-state index contributed by atoms with van der Waals surface area (Å²) in [7, 11) is 3.10. The van der Waals surface area contributed by atoms with Crippen molar-refractivity contribution in [3.8, 4) is 5.75 Å². The molecule has 90 valence electrons. The maximum Gasteiger partial charge on any atom is 0.260 e. The van der Waals surface area contributed by atoms with Gasteiger partial charge >= 0.3 is 0 Å². The van der Waals surface area contributed by atoms with Gasteiger partial charge in [0.15, 0.2) is 0 Å². The Hall–Kier alpha value is -1.16. The van der Waals surface area contributed by atoms with Crippen LogP contribution in [0.3, 0.4) is 0 Å². The number of rotatable bonds is 5. The molecule has 0 amide bonds. The molecule has 2 nitrogen and oxygen atoms in total. The number of nitrogens with one attached hydrogen (secondary N) is 1. The molecule has 1 unspecified atom stereocenters. The molecule has 1 rings (SSSR count). The van der Waals surface area contributed by atoms with Gasteiger partial charge in [-0.3, -0.25) is 0 Å². The Balaban J connectivity index is 3.10. The van der Waals surface area contributed by atoms with Gasteiger partial charge in [0.25, 0.3) is 6.43 Å². The van der Waals surface area contributed by atoms with Gasteiger partial charge < -0.3 is 10.1 Å². The first-order valence-corrected chi connectivity index (χ1v) is 5.22. The second-order valence-corrected chi connectivity index (χ2v) is 3.60. The fourth-order valence-electron chi connectivity index (χ4n) is 1.80. The highest BCUT2D eigenvalue weighted by atomic mass is 19.3. The molecule has 0 aliphatic carbocycles. The van der Waals surface area contributed by atoms with Crippen LogP contribution in [0.1, 0.15) is 18.9 Å². The first-order chi connectivity index (χ1) is 7.60. The van der Waals surface area contributed by atoms with Crippen LogP contribution in [0.25, 0.3) is 0 Å². The molecule has 0 heterocycles. The summed E-state index contributed by atoms with van der Waals surface area (Å²) in [5, 5.41) is 2.73. The minimum atomic E-state index is -2.45. The summed E-state index contributed by atoms with van der Waals surface area (Å²) >= 11 is 0. The van der Waals surface area contributed by atoms with Gasteiger partial charge in [-0.25, -0.2) is 8.78 Å². The summed E-state index contributed by atoms with van der Waals surface area (Å²) in [5.41, 5.74) is -0.694. The van der Waals surface area contributed by atoms with Crippen LogP contribution in [0.5, 0.6) is 5.75 Å². The van der Waals surface area contributed by atoms with Gasteiger partial charge in [-0.1, -0.05) is 19.1 Å². The van der Waals surface area contributed by atoms with Crippen LogP contribution in [-0.2, 0) is 5.54 Å². The second-order valence-electron chi connectivity index (χ2n) is 3.60. The standard InChI is InChI=1S/C12H17F2NO/c1-4-12(15-2,11(13)14)9-5-7-10(16-3)8-6-9/h5-8,11,15H,4H2,1-3H3. The lowest BCUT2D eigenvalue weighted by molar-refractivity contribution is 0.0292. The molecule has 0 aromatic heterocycles. The van der Waals surface area contributed by atoms with Gasteiger partial charge in [0, 0.05) is 0 Å². The molecule has 1 aromatic rings. The van der Waals surface area contributed by atoms with Gasteiger partial charge in [0.2, 0.25) is 0 Å². The van der Waals surface area contributed by atoms with E-state index in [-0.39, 0.29) is 0 Å². The van der Waals surface area contributed by atoms with Crippen LogP contribution in [-0.4, -0.2) is 20.6 Å². The van der Waals surface area contributed by atoms with Gasteiger partial charge in [0.05, 0.1) is 7.11 Å². The van der Waals surface area contributed by atoms with E-state index in [2.05, 4.69) is 5.32 Å². The van der Waals surface area contributed by atoms with Crippen molar-refractivity contribution in [2.75, 3.05) is 14.2 Å². The van der Waals surface area contributed by atoms with Crippen molar-refractivity contribution in [3.63, 3.8) is 0 Å². The molecule has 0 saturated heterocycles. The van der Waals surface area contributed by atoms with E-state index < -0.39 is 12.0 Å². The number of halogens is 2. The average Bonchev–Trinajstić information content (AvgIpc) is 2.32. The Bertz CT molecular complexity index is 320. The monoisotopic (exact) mass is 229 g/mol. The van der Waals surface area contributed by atoms with Crippen LogP contribution in [0.15, 0.2) is 24.3 Å². The van der Waals surface area contributed by atoms with Crippen molar-refractivity contribution in [2.24, 2.45) is 0 Å². The molecule has 0 aliphatic heterocycles. The highest BCUT2D eigenvalue weighted by Crippen LogP contribution is 2.32. The highest BCUT2D eigenvalue weighted by molar-refractivity contribution is 5.32. The van der Waals surface area contributed by atoms with E-state index >= 15 is 0 Å². The maximum absolute atomic E-state index is 13.1. The SMILES string of the molecule is CCC(NC)(c1ccc(OC)cc1)C(F)F. The normalized spacial score (nSPS) is 14.9. The Morgan fingerprint density at radius 1 is 1.31 bits per heavy atom. The van der Waals surface area contributed by atoms with E-state index in [1.165, 1.54) is 0 Å². The van der Waals surface area contributed by atoms with E-state index in [4.69, 9.17) is 4.74 Å². The molecule has 0 bridgehead atoms. The molecule has 0 saturated carbocycles. The van der Waals surface area contributed by atoms with Crippen molar-refractivity contribution in [2.45, 2.75) is 25.3 Å². The number of alkyl halides is 2. The van der Waals surface area contributed by atoms with Crippen molar-refractivity contribution >= 4 is 0 Å². The van der Waals surface area contributed by atoms with Crippen molar-refractivity contribution < 1.29 is 13.5 Å². The predicted octanol–water partition coefficient (Wildman–Crippen LogP) is 2.79. The third-order valence-corrected chi connectivity index (χ3v) is 2.98. The molecular weight excluding hydrogens is 212 g/mol. The first-order valence-electron chi connectivity index (χ1n) is 5.22. The van der Waals surface area contributed by atoms with E-state index in [0.717, 1.165) is 0 Å². The summed E-state index contributed by atoms with van der Waals surface area (Å²) in [6, 6.07) is 6.73. The highest BCUT2D eigenvalue weighted by Gasteiger charge is 2.38. The van der Waals surface area contributed by atoms with Gasteiger partial charge in [-0.15, -0.1) is 0 Å². The smallest absolute Gasteiger partial charge is 0.260 e. The van der Waals surface area contributed by atoms with Crippen LogP contribution in [0.2, 0.25) is 0 Å². The topological polar surface area (TPSA) is 21.3 Å². The molecule has 4 heteroatoms. The zero-order chi connectivity index (χ0) is 12.2. The summed E-state index contributed by atoms with van der Waals surface area (Å²) in [4.78, 5) is 0. The lowest BCUT2D eigenvalue weighted by Gasteiger charge is -2.32. The fraction of sp³-hybridized carbons (Fsp3) is 0.500. The summed E-state index contributed by atoms with van der Waals surface area (Å²) in [5.74, 6) is 0.666. The molecule has 0 spiro atoms. The van der Waals surface area contributed by atoms with E-state index in [0.29, 0.717) is 17.7 Å². The molecule has 0 radical (unpaired) electrons. The molecule has 16 heavy (non-hydrogen) atoms. The number of ether oxygens (including phenoxy) is 1. The summed E-state index contributed by atoms with van der Waals surface area (Å²) in [6.45, 7) is 1.74. The van der Waals surface area contributed by atoms with E-state index in [1.807, 2.05) is 0 Å². The quantitative estimate of drug-likeness (QED) is 0.838. The Morgan fingerprint density at radius 2 is 1.88 bits per heavy atom. The minimum absolute atomic E-state index is 0.327. The molecule has 1 atom stereocenters. The summed E-state index contributed by atoms with van der Waals surface area (Å²) < 4.78 is 31.3. The zero-order valence-electron chi connectivity index (χ0n) is 9.76. The number of hydrogen-bond donors (Lipinski definition) is 1. The van der Waals surface area contributed by atoms with Crippen LogP contribution in [0.4, 0.5) is 8.78 Å². The first kappa shape index (κ1) is 12.9. The number of methoxy groups -OCH3 is 1. The third kappa shape index (κ3) is 2.16. The van der Waals surface area contributed by atoms with E-state index in [9.17, 15) is 8.78 Å². The maximum atomic E-state index is 13.1. The number of benzene rings is 1. The Labute approximate surface area is 94.6 Å². The Morgan fingerprint density at radius 3 is 2.19 bits per heavy atom. The average molecular weight is 229 g/mol. The second kappa shape index (κ2) is 5.25. The largest absolute Gasteiger partial charge is 0.497 e. The predicted molar refractivity (Wildman–Crippen MR) is 60.0 cm³/mol. The molecule has 0 fully saturated rings. The number of hydrogen-bond acceptors (Lipinski definition) is 2. The fourth-order valence-corrected chi connectivity index (χ4v) is 1.80. The van der Waals surface area contributed by atoms with Crippen LogP contribution >= 0.6 is 0 Å². The minimum Gasteiger partial charge on any atom is -0.497 e. The van der Waals surface area contributed by atoms with Gasteiger partial charge in [0.1, 0.15) is 11.3 Å². The molecular formula is C12H17F2NO. The summed E-state index contributed by atoms with van der Waals surface area (Å²) in [6.07, 6.45) is -2.12. The molecule has 1 N–H and O–H groups in total. The molecule has 1 aromatic carbocycles. The van der Waals surface area contributed by atoms with Crippen LogP contribution < -0.4 is 10.1 Å². The van der Waals surface area contributed by atoms with E-state index in [1.54, 1.807) is 45.3 Å². The van der Waals surface area contributed by atoms with Crippen molar-refractivity contribution in [1.29, 1.82) is 0 Å².